The second-order valence-corrected chi connectivity index (χ2v) is 9.24. The minimum atomic E-state index is -3.37. The van der Waals surface area contributed by atoms with Crippen LogP contribution in [0.5, 0.6) is 0 Å². The first-order chi connectivity index (χ1) is 13.8. The number of piperazine rings is 1. The fourth-order valence-electron chi connectivity index (χ4n) is 3.27. The van der Waals surface area contributed by atoms with E-state index in [1.54, 1.807) is 24.3 Å². The molecule has 3 rings (SSSR count). The van der Waals surface area contributed by atoms with Crippen molar-refractivity contribution in [2.75, 3.05) is 43.4 Å². The summed E-state index contributed by atoms with van der Waals surface area (Å²) in [5.41, 5.74) is 2.53. The number of halogens is 1. The van der Waals surface area contributed by atoms with Crippen LogP contribution in [0.25, 0.3) is 0 Å². The number of nitrogens with one attached hydrogen (secondary N) is 1. The van der Waals surface area contributed by atoms with Crippen LogP contribution in [0.1, 0.15) is 22.3 Å². The van der Waals surface area contributed by atoms with Gasteiger partial charge in [-0.25, -0.2) is 12.8 Å². The van der Waals surface area contributed by atoms with E-state index in [9.17, 15) is 17.6 Å². The van der Waals surface area contributed by atoms with E-state index < -0.39 is 10.0 Å². The highest BCUT2D eigenvalue weighted by atomic mass is 32.2. The summed E-state index contributed by atoms with van der Waals surface area (Å²) < 4.78 is 39.7. The molecule has 1 aliphatic rings. The van der Waals surface area contributed by atoms with Gasteiger partial charge in [-0.2, -0.15) is 4.31 Å². The second-order valence-electron chi connectivity index (χ2n) is 7.15. The molecule has 2 aromatic carbocycles. The van der Waals surface area contributed by atoms with Crippen LogP contribution >= 0.6 is 0 Å². The van der Waals surface area contributed by atoms with Gasteiger partial charge in [0.25, 0.3) is 5.91 Å². The Morgan fingerprint density at radius 2 is 1.62 bits per heavy atom. The minimum absolute atomic E-state index is 0.00226. The minimum Gasteiger partial charge on any atom is -0.369 e. The highest BCUT2D eigenvalue weighted by molar-refractivity contribution is 7.89. The largest absolute Gasteiger partial charge is 0.369 e. The number of rotatable bonds is 7. The molecule has 0 atom stereocenters. The van der Waals surface area contributed by atoms with Crippen molar-refractivity contribution in [3.63, 3.8) is 0 Å². The lowest BCUT2D eigenvalue weighted by molar-refractivity contribution is 0.0953. The molecule has 0 aromatic heterocycles. The van der Waals surface area contributed by atoms with Gasteiger partial charge in [-0.15, -0.1) is 0 Å². The van der Waals surface area contributed by atoms with Crippen molar-refractivity contribution in [1.82, 2.24) is 9.62 Å². The van der Waals surface area contributed by atoms with E-state index in [4.69, 9.17) is 0 Å². The van der Waals surface area contributed by atoms with Crippen LogP contribution < -0.4 is 10.2 Å². The van der Waals surface area contributed by atoms with Crippen molar-refractivity contribution >= 4 is 21.6 Å². The summed E-state index contributed by atoms with van der Waals surface area (Å²) in [5, 5.41) is 2.77. The molecule has 6 nitrogen and oxygen atoms in total. The monoisotopic (exact) mass is 419 g/mol. The molecule has 1 saturated heterocycles. The molecule has 2 aromatic rings. The smallest absolute Gasteiger partial charge is 0.251 e. The van der Waals surface area contributed by atoms with Gasteiger partial charge in [0.05, 0.1) is 5.75 Å². The molecular formula is C21H26FN3O3S. The predicted octanol–water partition coefficient (Wildman–Crippen LogP) is 2.41. The third-order valence-electron chi connectivity index (χ3n) is 5.00. The van der Waals surface area contributed by atoms with Gasteiger partial charge in [-0.1, -0.05) is 17.7 Å². The Kier molecular flexibility index (Phi) is 6.87. The van der Waals surface area contributed by atoms with Gasteiger partial charge in [0.2, 0.25) is 10.0 Å². The standard InChI is InChI=1S/C21H26FN3O3S/c1-17-3-5-18(6-4-17)21(26)23-11-2-16-29(27,28)25-14-12-24(13-15-25)20-9-7-19(22)8-10-20/h3-10H,2,11-16H2,1H3,(H,23,26). The van der Waals surface area contributed by atoms with E-state index in [2.05, 4.69) is 5.32 Å². The molecule has 0 radical (unpaired) electrons. The average Bonchev–Trinajstić information content (AvgIpc) is 2.72. The van der Waals surface area contributed by atoms with E-state index in [1.165, 1.54) is 16.4 Å². The molecule has 156 valence electrons. The fraction of sp³-hybridized carbons (Fsp3) is 0.381. The SMILES string of the molecule is Cc1ccc(C(=O)NCCCS(=O)(=O)N2CCN(c3ccc(F)cc3)CC2)cc1. The van der Waals surface area contributed by atoms with E-state index in [0.717, 1.165) is 11.3 Å². The summed E-state index contributed by atoms with van der Waals surface area (Å²) in [6.07, 6.45) is 0.359. The van der Waals surface area contributed by atoms with Crippen molar-refractivity contribution < 1.29 is 17.6 Å². The number of aryl methyl sites for hydroxylation is 1. The summed E-state index contributed by atoms with van der Waals surface area (Å²) in [6, 6.07) is 13.5. The molecule has 1 amide bonds. The molecule has 0 unspecified atom stereocenters. The zero-order valence-corrected chi connectivity index (χ0v) is 17.3. The van der Waals surface area contributed by atoms with Crippen LogP contribution in [-0.4, -0.2) is 57.1 Å². The van der Waals surface area contributed by atoms with Crippen molar-refractivity contribution in [1.29, 1.82) is 0 Å². The number of hydrogen-bond acceptors (Lipinski definition) is 4. The first-order valence-electron chi connectivity index (χ1n) is 9.68. The lowest BCUT2D eigenvalue weighted by atomic mass is 10.1. The normalized spacial score (nSPS) is 15.3. The average molecular weight is 420 g/mol. The number of anilines is 1. The van der Waals surface area contributed by atoms with Gasteiger partial charge in [-0.3, -0.25) is 4.79 Å². The molecule has 0 bridgehead atoms. The Balaban J connectivity index is 1.42. The summed E-state index contributed by atoms with van der Waals surface area (Å²) in [4.78, 5) is 14.1. The van der Waals surface area contributed by atoms with Gasteiger partial charge in [-0.05, 0) is 49.7 Å². The Bertz CT molecular complexity index is 923. The Hall–Kier alpha value is -2.45. The Morgan fingerprint density at radius 3 is 2.24 bits per heavy atom. The number of carbonyl (C=O) groups excluding carboxylic acids is 1. The zero-order valence-electron chi connectivity index (χ0n) is 16.5. The molecule has 8 heteroatoms. The lowest BCUT2D eigenvalue weighted by Crippen LogP contribution is -2.49. The predicted molar refractivity (Wildman–Crippen MR) is 112 cm³/mol. The van der Waals surface area contributed by atoms with Gasteiger partial charge < -0.3 is 10.2 Å². The molecular weight excluding hydrogens is 393 g/mol. The van der Waals surface area contributed by atoms with Crippen LogP contribution in [0.3, 0.4) is 0 Å². The molecule has 0 saturated carbocycles. The van der Waals surface area contributed by atoms with E-state index in [-0.39, 0.29) is 17.5 Å². The molecule has 0 aliphatic carbocycles. The van der Waals surface area contributed by atoms with Gasteiger partial charge in [0, 0.05) is 44.0 Å². The quantitative estimate of drug-likeness (QED) is 0.700. The first-order valence-corrected chi connectivity index (χ1v) is 11.3. The number of amides is 1. The molecule has 1 aliphatic heterocycles. The Labute approximate surface area is 171 Å². The lowest BCUT2D eigenvalue weighted by Gasteiger charge is -2.35. The molecule has 1 heterocycles. The van der Waals surface area contributed by atoms with Gasteiger partial charge in [0.15, 0.2) is 0 Å². The fourth-order valence-corrected chi connectivity index (χ4v) is 4.76. The van der Waals surface area contributed by atoms with E-state index in [1.807, 2.05) is 24.0 Å². The molecule has 1 fully saturated rings. The number of hydrogen-bond donors (Lipinski definition) is 1. The second kappa shape index (κ2) is 9.37. The summed E-state index contributed by atoms with van der Waals surface area (Å²) in [5.74, 6) is -0.489. The van der Waals surface area contributed by atoms with E-state index in [0.29, 0.717) is 44.7 Å². The van der Waals surface area contributed by atoms with Crippen LogP contribution in [0.15, 0.2) is 48.5 Å². The topological polar surface area (TPSA) is 69.7 Å². The van der Waals surface area contributed by atoms with Crippen LogP contribution in [0.2, 0.25) is 0 Å². The third kappa shape index (κ3) is 5.77. The van der Waals surface area contributed by atoms with Crippen molar-refractivity contribution in [2.24, 2.45) is 0 Å². The van der Waals surface area contributed by atoms with Crippen molar-refractivity contribution in [3.8, 4) is 0 Å². The Morgan fingerprint density at radius 1 is 1.00 bits per heavy atom. The van der Waals surface area contributed by atoms with Crippen LogP contribution in [0.4, 0.5) is 10.1 Å². The molecule has 29 heavy (non-hydrogen) atoms. The highest BCUT2D eigenvalue weighted by Gasteiger charge is 2.26. The van der Waals surface area contributed by atoms with Gasteiger partial charge in [0.1, 0.15) is 5.82 Å². The van der Waals surface area contributed by atoms with Crippen molar-refractivity contribution in [2.45, 2.75) is 13.3 Å². The third-order valence-corrected chi connectivity index (χ3v) is 6.96. The highest BCUT2D eigenvalue weighted by Crippen LogP contribution is 2.18. The zero-order chi connectivity index (χ0) is 20.9. The molecule has 1 N–H and O–H groups in total. The molecule has 0 spiro atoms. The maximum absolute atomic E-state index is 13.0. The maximum Gasteiger partial charge on any atom is 0.251 e. The first kappa shape index (κ1) is 21.3. The number of benzene rings is 2. The number of nitrogens with zero attached hydrogens (tertiary/aromatic N) is 2. The summed E-state index contributed by atoms with van der Waals surface area (Å²) in [6.45, 7) is 4.18. The maximum atomic E-state index is 13.0. The summed E-state index contributed by atoms with van der Waals surface area (Å²) >= 11 is 0. The number of carbonyl (C=O) groups is 1. The number of sulfonamides is 1. The summed E-state index contributed by atoms with van der Waals surface area (Å²) in [7, 11) is -3.37. The van der Waals surface area contributed by atoms with Crippen LogP contribution in [0, 0.1) is 12.7 Å². The van der Waals surface area contributed by atoms with Crippen molar-refractivity contribution in [3.05, 3.63) is 65.5 Å². The van der Waals surface area contributed by atoms with Gasteiger partial charge >= 0.3 is 0 Å². The van der Waals surface area contributed by atoms with E-state index >= 15 is 0 Å². The van der Waals surface area contributed by atoms with Crippen LogP contribution in [-0.2, 0) is 10.0 Å².